The minimum absolute atomic E-state index is 0.0141. The maximum Gasteiger partial charge on any atom is 0.305 e. The van der Waals surface area contributed by atoms with E-state index in [0.717, 1.165) is 51.4 Å². The molecule has 0 aliphatic rings. The Bertz CT molecular complexity index is 1450. The topological polar surface area (TPSA) is 95.9 Å². The maximum atomic E-state index is 12.5. The minimum atomic E-state index is -0.845. The summed E-state index contributed by atoms with van der Waals surface area (Å²) in [5, 5.41) is 23.3. The number of aliphatic hydroxyl groups is 2. The molecular weight excluding hydrogens is 1070 g/mol. The molecule has 0 aliphatic carbocycles. The molecule has 6 nitrogen and oxygen atoms in total. The normalized spacial score (nSPS) is 12.7. The monoisotopic (exact) mass is 1220 g/mol. The van der Waals surface area contributed by atoms with Crippen LogP contribution in [-0.4, -0.2) is 47.4 Å². The van der Waals surface area contributed by atoms with Crippen molar-refractivity contribution in [2.75, 3.05) is 13.2 Å². The molecule has 0 aromatic rings. The van der Waals surface area contributed by atoms with Crippen LogP contribution in [-0.2, 0) is 14.3 Å². The van der Waals surface area contributed by atoms with Crippen LogP contribution in [0.2, 0.25) is 0 Å². The molecule has 0 aromatic carbocycles. The summed E-state index contributed by atoms with van der Waals surface area (Å²) in [6.07, 6.45) is 101. The van der Waals surface area contributed by atoms with Gasteiger partial charge in [-0.15, -0.1) is 0 Å². The highest BCUT2D eigenvalue weighted by molar-refractivity contribution is 5.76. The van der Waals surface area contributed by atoms with Crippen LogP contribution in [0.3, 0.4) is 0 Å². The summed E-state index contributed by atoms with van der Waals surface area (Å²) in [5.74, 6) is -0.0480. The summed E-state index contributed by atoms with van der Waals surface area (Å²) in [7, 11) is 0. The lowest BCUT2D eigenvalue weighted by Gasteiger charge is -2.20. The van der Waals surface area contributed by atoms with Crippen molar-refractivity contribution in [2.24, 2.45) is 0 Å². The van der Waals surface area contributed by atoms with Crippen LogP contribution in [0.5, 0.6) is 0 Å². The number of aliphatic hydroxyl groups excluding tert-OH is 2. The van der Waals surface area contributed by atoms with E-state index >= 15 is 0 Å². The smallest absolute Gasteiger partial charge is 0.305 e. The lowest BCUT2D eigenvalue weighted by Crippen LogP contribution is -2.45. The number of allylic oxidation sites excluding steroid dienone is 7. The van der Waals surface area contributed by atoms with Crippen LogP contribution in [0.1, 0.15) is 431 Å². The van der Waals surface area contributed by atoms with E-state index in [0.29, 0.717) is 19.4 Å². The van der Waals surface area contributed by atoms with Crippen molar-refractivity contribution in [3.63, 3.8) is 0 Å². The molecule has 0 radical (unpaired) electrons. The highest BCUT2D eigenvalue weighted by atomic mass is 16.5. The second-order valence-electron chi connectivity index (χ2n) is 27.0. The molecule has 0 rings (SSSR count). The summed E-state index contributed by atoms with van der Waals surface area (Å²) in [6, 6.07) is -0.628. The molecular formula is C81H153NO5. The fourth-order valence-corrected chi connectivity index (χ4v) is 12.3. The number of unbranched alkanes of at least 4 members (excludes halogenated alkanes) is 57. The molecule has 87 heavy (non-hydrogen) atoms. The quantitative estimate of drug-likeness (QED) is 0.0320. The lowest BCUT2D eigenvalue weighted by atomic mass is 10.0. The molecule has 0 aromatic heterocycles. The van der Waals surface area contributed by atoms with Crippen LogP contribution in [0, 0.1) is 0 Å². The van der Waals surface area contributed by atoms with Gasteiger partial charge in [-0.25, -0.2) is 0 Å². The third-order valence-electron chi connectivity index (χ3n) is 18.3. The number of rotatable bonds is 74. The molecule has 0 aliphatic heterocycles. The molecule has 0 saturated heterocycles. The highest BCUT2D eigenvalue weighted by Gasteiger charge is 2.18. The minimum Gasteiger partial charge on any atom is -0.466 e. The SMILES string of the molecule is CCCCC/C=C\C/C=C\CCCCCCCCCCCC(=O)OCCCCCCCCCCCCCC/C=C\CCCCCCCCCCCCCCCCCC(=O)NC(CO)C(O)/C=C/CCCCCCCCCCCCCCCCCCCC. The Balaban J connectivity index is 3.38. The molecule has 1 amide bonds. The van der Waals surface area contributed by atoms with E-state index in [1.807, 2.05) is 6.08 Å². The van der Waals surface area contributed by atoms with E-state index in [2.05, 4.69) is 55.6 Å². The predicted octanol–water partition coefficient (Wildman–Crippen LogP) is 26.0. The predicted molar refractivity (Wildman–Crippen MR) is 384 cm³/mol. The third-order valence-corrected chi connectivity index (χ3v) is 18.3. The van der Waals surface area contributed by atoms with Gasteiger partial charge in [0.15, 0.2) is 0 Å². The van der Waals surface area contributed by atoms with Crippen LogP contribution in [0.15, 0.2) is 48.6 Å². The number of esters is 1. The van der Waals surface area contributed by atoms with E-state index < -0.39 is 12.1 Å². The molecule has 0 spiro atoms. The first-order chi connectivity index (χ1) is 43.0. The van der Waals surface area contributed by atoms with E-state index in [1.165, 1.54) is 353 Å². The summed E-state index contributed by atoms with van der Waals surface area (Å²) in [6.45, 7) is 4.92. The van der Waals surface area contributed by atoms with Crippen molar-refractivity contribution in [2.45, 2.75) is 443 Å². The zero-order valence-electron chi connectivity index (χ0n) is 58.8. The lowest BCUT2D eigenvalue weighted by molar-refractivity contribution is -0.143. The Morgan fingerprint density at radius 3 is 0.908 bits per heavy atom. The van der Waals surface area contributed by atoms with Crippen molar-refractivity contribution in [1.82, 2.24) is 5.32 Å². The molecule has 0 fully saturated rings. The number of hydrogen-bond acceptors (Lipinski definition) is 5. The second kappa shape index (κ2) is 76.3. The Kier molecular flexibility index (Phi) is 74.4. The molecule has 512 valence electrons. The van der Waals surface area contributed by atoms with Gasteiger partial charge in [0.1, 0.15) is 0 Å². The van der Waals surface area contributed by atoms with Crippen molar-refractivity contribution >= 4 is 11.9 Å². The van der Waals surface area contributed by atoms with E-state index in [9.17, 15) is 19.8 Å². The van der Waals surface area contributed by atoms with E-state index in [1.54, 1.807) is 6.08 Å². The fourth-order valence-electron chi connectivity index (χ4n) is 12.3. The number of hydrogen-bond donors (Lipinski definition) is 3. The van der Waals surface area contributed by atoms with Crippen molar-refractivity contribution in [3.8, 4) is 0 Å². The molecule has 0 bridgehead atoms. The maximum absolute atomic E-state index is 12.5. The second-order valence-corrected chi connectivity index (χ2v) is 27.0. The van der Waals surface area contributed by atoms with Crippen molar-refractivity contribution in [3.05, 3.63) is 48.6 Å². The van der Waals surface area contributed by atoms with Crippen molar-refractivity contribution in [1.29, 1.82) is 0 Å². The number of carbonyl (C=O) groups is 2. The molecule has 2 unspecified atom stereocenters. The van der Waals surface area contributed by atoms with Gasteiger partial charge < -0.3 is 20.3 Å². The van der Waals surface area contributed by atoms with Gasteiger partial charge in [-0.3, -0.25) is 9.59 Å². The Morgan fingerprint density at radius 1 is 0.322 bits per heavy atom. The zero-order chi connectivity index (χ0) is 62.8. The van der Waals surface area contributed by atoms with Gasteiger partial charge in [0.25, 0.3) is 0 Å². The number of ether oxygens (including phenoxy) is 1. The van der Waals surface area contributed by atoms with Crippen LogP contribution < -0.4 is 5.32 Å². The number of amides is 1. The van der Waals surface area contributed by atoms with E-state index in [-0.39, 0.29) is 18.5 Å². The molecule has 3 N–H and O–H groups in total. The van der Waals surface area contributed by atoms with E-state index in [4.69, 9.17) is 4.74 Å². The average Bonchev–Trinajstić information content (AvgIpc) is 3.53. The molecule has 2 atom stereocenters. The van der Waals surface area contributed by atoms with Gasteiger partial charge in [-0.1, -0.05) is 377 Å². The first-order valence-corrected chi connectivity index (χ1v) is 39.4. The van der Waals surface area contributed by atoms with Crippen molar-refractivity contribution < 1.29 is 24.5 Å². The Labute approximate surface area is 544 Å². The fraction of sp³-hybridized carbons (Fsp3) is 0.877. The summed E-state index contributed by atoms with van der Waals surface area (Å²) >= 11 is 0. The number of nitrogens with one attached hydrogen (secondary N) is 1. The summed E-state index contributed by atoms with van der Waals surface area (Å²) in [4.78, 5) is 24.7. The van der Waals surface area contributed by atoms with Gasteiger partial charge >= 0.3 is 5.97 Å². The summed E-state index contributed by atoms with van der Waals surface area (Å²) < 4.78 is 5.51. The van der Waals surface area contributed by atoms with Gasteiger partial charge in [-0.2, -0.15) is 0 Å². The Hall–Kier alpha value is -2.18. The van der Waals surface area contributed by atoms with Gasteiger partial charge in [0, 0.05) is 12.8 Å². The molecule has 0 saturated carbocycles. The highest BCUT2D eigenvalue weighted by Crippen LogP contribution is 2.19. The summed E-state index contributed by atoms with van der Waals surface area (Å²) in [5.41, 5.74) is 0. The van der Waals surface area contributed by atoms with Crippen LogP contribution in [0.25, 0.3) is 0 Å². The third kappa shape index (κ3) is 72.8. The number of carbonyl (C=O) groups excluding carboxylic acids is 2. The molecule has 6 heteroatoms. The first-order valence-electron chi connectivity index (χ1n) is 39.4. The van der Waals surface area contributed by atoms with Gasteiger partial charge in [0.05, 0.1) is 25.4 Å². The molecule has 0 heterocycles. The Morgan fingerprint density at radius 2 is 0.575 bits per heavy atom. The van der Waals surface area contributed by atoms with Crippen LogP contribution >= 0.6 is 0 Å². The van der Waals surface area contributed by atoms with Gasteiger partial charge in [0.2, 0.25) is 5.91 Å². The zero-order valence-corrected chi connectivity index (χ0v) is 58.8. The first kappa shape index (κ1) is 84.8. The standard InChI is InChI=1S/C81H153NO5/c1-3-5-7-9-11-13-15-17-19-21-23-38-41-45-49-53-57-61-65-69-73-79(84)78(77-83)82-80(85)74-70-66-62-58-54-50-46-42-39-35-33-31-29-27-25-24-26-28-30-32-34-36-40-44-48-52-56-60-64-68-72-76-87-81(86)75-71-67-63-59-55-51-47-43-37-22-20-18-16-14-12-10-8-6-4-2/h12,14,18,20,26,28,69,73,78-79,83-84H,3-11,13,15-17,19,21-25,27,29-68,70-72,74-77H2,1-2H3,(H,82,85)/b14-12-,20-18-,28-26-,73-69+. The van der Waals surface area contributed by atoms with Crippen LogP contribution in [0.4, 0.5) is 0 Å². The van der Waals surface area contributed by atoms with Gasteiger partial charge in [-0.05, 0) is 89.9 Å². The largest absolute Gasteiger partial charge is 0.466 e. The average molecular weight is 1220 g/mol.